The number of phenols is 1. The molecule has 0 saturated carbocycles. The van der Waals surface area contributed by atoms with E-state index in [0.29, 0.717) is 0 Å². The minimum Gasteiger partial charge on any atom is -0.508 e. The van der Waals surface area contributed by atoms with Crippen LogP contribution in [0.2, 0.25) is 0 Å². The molecule has 2 unspecified atom stereocenters. The predicted octanol–water partition coefficient (Wildman–Crippen LogP) is 4.79. The zero-order valence-electron chi connectivity index (χ0n) is 14.3. The van der Waals surface area contributed by atoms with E-state index in [1.54, 1.807) is 24.5 Å². The maximum absolute atomic E-state index is 9.58. The molecule has 0 saturated heterocycles. The van der Waals surface area contributed by atoms with E-state index >= 15 is 0 Å². The third-order valence-corrected chi connectivity index (χ3v) is 5.44. The highest BCUT2D eigenvalue weighted by atomic mass is 79.9. The summed E-state index contributed by atoms with van der Waals surface area (Å²) in [6, 6.07) is 17.3. The topological polar surface area (TPSA) is 58.0 Å². The summed E-state index contributed by atoms with van der Waals surface area (Å²) in [7, 11) is 0. The lowest BCUT2D eigenvalue weighted by Crippen LogP contribution is -2.33. The molecule has 0 radical (unpaired) electrons. The standard InChI is InChI=1S/C21H16BrN3O2/c22-15-3-6-20-17(11-15)19-12-18(13-1-4-16(26)5-2-13)24-25(19)21(27-20)14-7-9-23-10-8-14/h1-11,19,21,26H,12H2. The first-order valence-electron chi connectivity index (χ1n) is 8.70. The van der Waals surface area contributed by atoms with Crippen molar-refractivity contribution < 1.29 is 9.84 Å². The molecule has 0 aliphatic carbocycles. The van der Waals surface area contributed by atoms with Crippen LogP contribution in [0.15, 0.2) is 76.6 Å². The van der Waals surface area contributed by atoms with Gasteiger partial charge in [0.05, 0.1) is 11.8 Å². The Morgan fingerprint density at radius 1 is 1.04 bits per heavy atom. The number of ether oxygens (including phenoxy) is 1. The number of rotatable bonds is 2. The Balaban J connectivity index is 1.60. The van der Waals surface area contributed by atoms with Crippen LogP contribution in [0.5, 0.6) is 11.5 Å². The van der Waals surface area contributed by atoms with Crippen LogP contribution in [0, 0.1) is 0 Å². The molecule has 2 atom stereocenters. The van der Waals surface area contributed by atoms with Crippen molar-refractivity contribution in [3.8, 4) is 11.5 Å². The second-order valence-corrected chi connectivity index (χ2v) is 7.54. The second-order valence-electron chi connectivity index (χ2n) is 6.63. The molecule has 3 aromatic rings. The van der Waals surface area contributed by atoms with Gasteiger partial charge in [-0.3, -0.25) is 4.98 Å². The van der Waals surface area contributed by atoms with Crippen LogP contribution in [0.1, 0.15) is 35.4 Å². The SMILES string of the molecule is Oc1ccc(C2=NN3C(C2)c2cc(Br)ccc2OC3c2ccncc2)cc1. The fourth-order valence-electron chi connectivity index (χ4n) is 3.63. The van der Waals surface area contributed by atoms with E-state index in [2.05, 4.69) is 27.0 Å². The molecule has 5 rings (SSSR count). The van der Waals surface area contributed by atoms with Crippen molar-refractivity contribution in [3.63, 3.8) is 0 Å². The molecule has 0 fully saturated rings. The third kappa shape index (κ3) is 2.86. The van der Waals surface area contributed by atoms with Crippen LogP contribution < -0.4 is 4.74 Å². The lowest BCUT2D eigenvalue weighted by molar-refractivity contribution is -0.0191. The summed E-state index contributed by atoms with van der Waals surface area (Å²) >= 11 is 3.57. The average Bonchev–Trinajstić information content (AvgIpc) is 3.14. The van der Waals surface area contributed by atoms with Gasteiger partial charge in [0.2, 0.25) is 6.23 Å². The molecule has 27 heavy (non-hydrogen) atoms. The van der Waals surface area contributed by atoms with Crippen LogP contribution in [-0.4, -0.2) is 20.8 Å². The number of halogens is 1. The smallest absolute Gasteiger partial charge is 0.213 e. The van der Waals surface area contributed by atoms with Crippen LogP contribution in [0.3, 0.4) is 0 Å². The molecule has 5 nitrogen and oxygen atoms in total. The maximum Gasteiger partial charge on any atom is 0.213 e. The zero-order valence-corrected chi connectivity index (χ0v) is 15.9. The van der Waals surface area contributed by atoms with E-state index in [1.807, 2.05) is 41.4 Å². The summed E-state index contributed by atoms with van der Waals surface area (Å²) < 4.78 is 7.34. The number of phenolic OH excluding ortho intramolecular Hbond substituents is 1. The number of aromatic nitrogens is 1. The highest BCUT2D eigenvalue weighted by molar-refractivity contribution is 9.10. The van der Waals surface area contributed by atoms with Gasteiger partial charge in [0.15, 0.2) is 0 Å². The van der Waals surface area contributed by atoms with Crippen molar-refractivity contribution in [1.29, 1.82) is 0 Å². The molecule has 1 aromatic heterocycles. The quantitative estimate of drug-likeness (QED) is 0.645. The predicted molar refractivity (Wildman–Crippen MR) is 106 cm³/mol. The molecule has 0 bridgehead atoms. The molecule has 0 spiro atoms. The first-order valence-corrected chi connectivity index (χ1v) is 9.49. The van der Waals surface area contributed by atoms with Gasteiger partial charge in [0, 0.05) is 34.4 Å². The minimum atomic E-state index is -0.304. The Morgan fingerprint density at radius 3 is 2.59 bits per heavy atom. The summed E-state index contributed by atoms with van der Waals surface area (Å²) in [6.45, 7) is 0. The molecular weight excluding hydrogens is 406 g/mol. The van der Waals surface area contributed by atoms with Crippen LogP contribution in [-0.2, 0) is 0 Å². The van der Waals surface area contributed by atoms with Gasteiger partial charge in [-0.05, 0) is 60.2 Å². The van der Waals surface area contributed by atoms with E-state index in [9.17, 15) is 5.11 Å². The number of hydrogen-bond donors (Lipinski definition) is 1. The largest absolute Gasteiger partial charge is 0.508 e. The van der Waals surface area contributed by atoms with Crippen molar-refractivity contribution >= 4 is 21.6 Å². The third-order valence-electron chi connectivity index (χ3n) is 4.94. The molecule has 2 aliphatic rings. The number of fused-ring (bicyclic) bond motifs is 3. The number of hydrogen-bond acceptors (Lipinski definition) is 5. The monoisotopic (exact) mass is 421 g/mol. The lowest BCUT2D eigenvalue weighted by atomic mass is 9.96. The fraction of sp³-hybridized carbons (Fsp3) is 0.143. The molecule has 6 heteroatoms. The highest BCUT2D eigenvalue weighted by Crippen LogP contribution is 2.48. The second kappa shape index (κ2) is 6.39. The minimum absolute atomic E-state index is 0.0909. The van der Waals surface area contributed by atoms with E-state index in [-0.39, 0.29) is 18.0 Å². The normalized spacial score (nSPS) is 20.5. The Labute approximate surface area is 165 Å². The first-order chi connectivity index (χ1) is 13.2. The summed E-state index contributed by atoms with van der Waals surface area (Å²) in [5.41, 5.74) is 4.12. The molecule has 0 amide bonds. The van der Waals surface area contributed by atoms with Gasteiger partial charge in [0.1, 0.15) is 11.5 Å². The van der Waals surface area contributed by atoms with Crippen LogP contribution in [0.25, 0.3) is 0 Å². The zero-order chi connectivity index (χ0) is 18.4. The summed E-state index contributed by atoms with van der Waals surface area (Å²) in [4.78, 5) is 4.11. The van der Waals surface area contributed by atoms with Crippen molar-refractivity contribution in [2.75, 3.05) is 0 Å². The Morgan fingerprint density at radius 2 is 1.81 bits per heavy atom. The van der Waals surface area contributed by atoms with Gasteiger partial charge >= 0.3 is 0 Å². The summed E-state index contributed by atoms with van der Waals surface area (Å²) in [5, 5.41) is 16.5. The Kier molecular flexibility index (Phi) is 3.86. The molecule has 3 heterocycles. The number of benzene rings is 2. The molecule has 1 N–H and O–H groups in total. The van der Waals surface area contributed by atoms with Crippen LogP contribution >= 0.6 is 15.9 Å². The van der Waals surface area contributed by atoms with Crippen molar-refractivity contribution in [1.82, 2.24) is 9.99 Å². The molecule has 134 valence electrons. The van der Waals surface area contributed by atoms with E-state index in [1.165, 1.54) is 0 Å². The van der Waals surface area contributed by atoms with Gasteiger partial charge in [-0.25, -0.2) is 5.01 Å². The Bertz CT molecular complexity index is 1020. The number of nitrogens with zero attached hydrogens (tertiary/aromatic N) is 3. The fourth-order valence-corrected chi connectivity index (χ4v) is 4.01. The molecule has 2 aromatic carbocycles. The van der Waals surface area contributed by atoms with Crippen molar-refractivity contribution in [2.45, 2.75) is 18.7 Å². The number of aromatic hydroxyl groups is 1. The van der Waals surface area contributed by atoms with Gasteiger partial charge < -0.3 is 9.84 Å². The van der Waals surface area contributed by atoms with Gasteiger partial charge in [-0.15, -0.1) is 0 Å². The summed E-state index contributed by atoms with van der Waals surface area (Å²) in [5.74, 6) is 1.13. The highest BCUT2D eigenvalue weighted by Gasteiger charge is 2.41. The lowest BCUT2D eigenvalue weighted by Gasteiger charge is -2.38. The average molecular weight is 422 g/mol. The van der Waals surface area contributed by atoms with E-state index < -0.39 is 0 Å². The molecular formula is C21H16BrN3O2. The van der Waals surface area contributed by atoms with Gasteiger partial charge in [0.25, 0.3) is 0 Å². The summed E-state index contributed by atoms with van der Waals surface area (Å²) in [6.07, 6.45) is 4.01. The van der Waals surface area contributed by atoms with Crippen molar-refractivity contribution in [2.24, 2.45) is 5.10 Å². The maximum atomic E-state index is 9.58. The van der Waals surface area contributed by atoms with E-state index in [0.717, 1.165) is 39.0 Å². The number of pyridine rings is 1. The first kappa shape index (κ1) is 16.3. The Hall–Kier alpha value is -2.86. The van der Waals surface area contributed by atoms with Gasteiger partial charge in [-0.1, -0.05) is 15.9 Å². The molecule has 2 aliphatic heterocycles. The van der Waals surface area contributed by atoms with E-state index in [4.69, 9.17) is 9.84 Å². The van der Waals surface area contributed by atoms with Gasteiger partial charge in [-0.2, -0.15) is 5.10 Å². The van der Waals surface area contributed by atoms with Crippen molar-refractivity contribution in [3.05, 3.63) is 88.2 Å². The van der Waals surface area contributed by atoms with Crippen LogP contribution in [0.4, 0.5) is 0 Å². The number of hydrazone groups is 1.